The summed E-state index contributed by atoms with van der Waals surface area (Å²) in [6, 6.07) is 2.60. The van der Waals surface area contributed by atoms with Crippen LogP contribution in [0, 0.1) is 0 Å². The number of carbonyl (C=O) groups is 2. The summed E-state index contributed by atoms with van der Waals surface area (Å²) in [4.78, 5) is 27.1. The molecule has 2 amide bonds. The Hall–Kier alpha value is -2.61. The Kier molecular flexibility index (Phi) is 4.39. The van der Waals surface area contributed by atoms with Crippen molar-refractivity contribution in [2.45, 2.75) is 0 Å². The third-order valence-electron chi connectivity index (χ3n) is 2.89. The van der Waals surface area contributed by atoms with E-state index in [1.54, 1.807) is 17.7 Å². The molecule has 0 aliphatic rings. The average molecular weight is 292 g/mol. The Labute approximate surface area is 120 Å². The number of carbonyl (C=O) groups excluding carboxylic acids is 1. The molecular weight excluding hydrogens is 276 g/mol. The number of carboxylic acid groups (broad SMARTS) is 1. The largest absolute Gasteiger partial charge is 0.478 e. The fraction of sp³-hybridized carbons (Fsp3) is 0.308. The number of carboxylic acids is 1. The van der Waals surface area contributed by atoms with Crippen molar-refractivity contribution in [1.82, 2.24) is 14.9 Å². The van der Waals surface area contributed by atoms with E-state index in [1.165, 1.54) is 19.5 Å². The number of anilines is 1. The molecule has 0 fully saturated rings. The second kappa shape index (κ2) is 6.23. The lowest BCUT2D eigenvalue weighted by Crippen LogP contribution is -2.31. The fourth-order valence-corrected chi connectivity index (χ4v) is 1.97. The van der Waals surface area contributed by atoms with Gasteiger partial charge in [-0.3, -0.25) is 0 Å². The number of aryl methyl sites for hydroxylation is 1. The molecule has 112 valence electrons. The highest BCUT2D eigenvalue weighted by molar-refractivity contribution is 6.04. The van der Waals surface area contributed by atoms with Gasteiger partial charge in [-0.1, -0.05) is 0 Å². The number of hydrogen-bond acceptors (Lipinski definition) is 4. The van der Waals surface area contributed by atoms with E-state index < -0.39 is 12.0 Å². The van der Waals surface area contributed by atoms with E-state index in [4.69, 9.17) is 4.74 Å². The van der Waals surface area contributed by atoms with Gasteiger partial charge < -0.3 is 25.0 Å². The number of nitrogens with one attached hydrogen (secondary N) is 2. The average Bonchev–Trinajstić information content (AvgIpc) is 2.80. The minimum Gasteiger partial charge on any atom is -0.478 e. The molecule has 1 heterocycles. The Morgan fingerprint density at radius 1 is 1.43 bits per heavy atom. The topological polar surface area (TPSA) is 105 Å². The lowest BCUT2D eigenvalue weighted by atomic mass is 10.1. The first-order valence-electron chi connectivity index (χ1n) is 6.25. The number of methoxy groups -OCH3 is 1. The molecule has 0 saturated heterocycles. The van der Waals surface area contributed by atoms with Gasteiger partial charge in [0.05, 0.1) is 29.5 Å². The van der Waals surface area contributed by atoms with Gasteiger partial charge in [-0.25, -0.2) is 14.6 Å². The van der Waals surface area contributed by atoms with Crippen molar-refractivity contribution in [3.05, 3.63) is 24.0 Å². The van der Waals surface area contributed by atoms with E-state index in [-0.39, 0.29) is 5.56 Å². The standard InChI is InChI=1S/C13H16N4O4/c1-17-7-15-10-6-8(5-9(11(10)17)12(18)19)16-13(20)14-3-4-21-2/h5-7H,3-4H2,1-2H3,(H,18,19)(H2,14,16,20). The van der Waals surface area contributed by atoms with Crippen molar-refractivity contribution < 1.29 is 19.4 Å². The molecule has 0 atom stereocenters. The molecule has 0 spiro atoms. The summed E-state index contributed by atoms with van der Waals surface area (Å²) in [5.41, 5.74) is 1.46. The van der Waals surface area contributed by atoms with Crippen LogP contribution in [0.1, 0.15) is 10.4 Å². The minimum atomic E-state index is -1.08. The van der Waals surface area contributed by atoms with Crippen LogP contribution in [0.3, 0.4) is 0 Å². The third kappa shape index (κ3) is 3.29. The van der Waals surface area contributed by atoms with Gasteiger partial charge >= 0.3 is 12.0 Å². The van der Waals surface area contributed by atoms with E-state index >= 15 is 0 Å². The lowest BCUT2D eigenvalue weighted by Gasteiger charge is -2.09. The lowest BCUT2D eigenvalue weighted by molar-refractivity contribution is 0.0698. The van der Waals surface area contributed by atoms with Crippen LogP contribution in [-0.4, -0.2) is 46.9 Å². The number of benzene rings is 1. The van der Waals surface area contributed by atoms with Gasteiger partial charge in [0.15, 0.2) is 0 Å². The van der Waals surface area contributed by atoms with Crippen molar-refractivity contribution in [2.75, 3.05) is 25.6 Å². The fourth-order valence-electron chi connectivity index (χ4n) is 1.97. The molecule has 3 N–H and O–H groups in total. The molecule has 0 unspecified atom stereocenters. The van der Waals surface area contributed by atoms with E-state index in [0.29, 0.717) is 29.9 Å². The summed E-state index contributed by atoms with van der Waals surface area (Å²) in [7, 11) is 3.25. The van der Waals surface area contributed by atoms with Gasteiger partial charge in [-0.05, 0) is 12.1 Å². The summed E-state index contributed by atoms with van der Waals surface area (Å²) in [6.07, 6.45) is 1.53. The van der Waals surface area contributed by atoms with Crippen LogP contribution >= 0.6 is 0 Å². The number of aromatic nitrogens is 2. The van der Waals surface area contributed by atoms with Gasteiger partial charge in [-0.15, -0.1) is 0 Å². The molecule has 0 saturated carbocycles. The molecule has 0 bridgehead atoms. The van der Waals surface area contributed by atoms with Gasteiger partial charge in [0, 0.05) is 26.4 Å². The molecule has 0 aliphatic heterocycles. The number of rotatable bonds is 5. The third-order valence-corrected chi connectivity index (χ3v) is 2.89. The summed E-state index contributed by atoms with van der Waals surface area (Å²) < 4.78 is 6.45. The first-order valence-corrected chi connectivity index (χ1v) is 6.25. The van der Waals surface area contributed by atoms with Crippen LogP contribution < -0.4 is 10.6 Å². The van der Waals surface area contributed by atoms with Gasteiger partial charge in [0.1, 0.15) is 0 Å². The molecule has 8 nitrogen and oxygen atoms in total. The smallest absolute Gasteiger partial charge is 0.337 e. The van der Waals surface area contributed by atoms with Crippen LogP contribution in [0.2, 0.25) is 0 Å². The maximum Gasteiger partial charge on any atom is 0.337 e. The second-order valence-electron chi connectivity index (χ2n) is 4.43. The number of urea groups is 1. The molecular formula is C13H16N4O4. The monoisotopic (exact) mass is 292 g/mol. The molecule has 8 heteroatoms. The highest BCUT2D eigenvalue weighted by atomic mass is 16.5. The van der Waals surface area contributed by atoms with Crippen molar-refractivity contribution in [1.29, 1.82) is 0 Å². The van der Waals surface area contributed by atoms with E-state index in [9.17, 15) is 14.7 Å². The SMILES string of the molecule is COCCNC(=O)Nc1cc(C(=O)O)c2c(c1)ncn2C. The number of nitrogens with zero attached hydrogens (tertiary/aromatic N) is 2. The number of hydrogen-bond donors (Lipinski definition) is 3. The quantitative estimate of drug-likeness (QED) is 0.714. The van der Waals surface area contributed by atoms with E-state index in [1.807, 2.05) is 0 Å². The molecule has 1 aromatic carbocycles. The Bertz CT molecular complexity index is 680. The second-order valence-corrected chi connectivity index (χ2v) is 4.43. The molecule has 0 aliphatic carbocycles. The first kappa shape index (κ1) is 14.8. The van der Waals surface area contributed by atoms with Crippen LogP contribution in [-0.2, 0) is 11.8 Å². The highest BCUT2D eigenvalue weighted by Crippen LogP contribution is 2.23. The zero-order valence-electron chi connectivity index (χ0n) is 11.7. The molecule has 21 heavy (non-hydrogen) atoms. The maximum atomic E-state index is 11.7. The molecule has 1 aromatic heterocycles. The molecule has 2 rings (SSSR count). The van der Waals surface area contributed by atoms with Gasteiger partial charge in [0.25, 0.3) is 0 Å². The Morgan fingerprint density at radius 2 is 2.19 bits per heavy atom. The normalized spacial score (nSPS) is 10.6. The minimum absolute atomic E-state index is 0.0830. The summed E-state index contributed by atoms with van der Waals surface area (Å²) in [5, 5.41) is 14.4. The molecule has 0 radical (unpaired) electrons. The van der Waals surface area contributed by atoms with Crippen molar-refractivity contribution in [3.63, 3.8) is 0 Å². The maximum absolute atomic E-state index is 11.7. The summed E-state index contributed by atoms with van der Waals surface area (Å²) >= 11 is 0. The zero-order valence-corrected chi connectivity index (χ0v) is 11.7. The van der Waals surface area contributed by atoms with E-state index in [2.05, 4.69) is 15.6 Å². The van der Waals surface area contributed by atoms with Crippen LogP contribution in [0.5, 0.6) is 0 Å². The predicted molar refractivity (Wildman–Crippen MR) is 76.6 cm³/mol. The number of amides is 2. The summed E-state index contributed by atoms with van der Waals surface area (Å²) in [5.74, 6) is -1.08. The van der Waals surface area contributed by atoms with Crippen molar-refractivity contribution in [3.8, 4) is 0 Å². The number of imidazole rings is 1. The van der Waals surface area contributed by atoms with Crippen LogP contribution in [0.25, 0.3) is 11.0 Å². The molecule has 2 aromatic rings. The van der Waals surface area contributed by atoms with Crippen molar-refractivity contribution >= 4 is 28.7 Å². The number of aromatic carboxylic acids is 1. The van der Waals surface area contributed by atoms with Crippen LogP contribution in [0.4, 0.5) is 10.5 Å². The zero-order chi connectivity index (χ0) is 15.4. The predicted octanol–water partition coefficient (Wildman–Crippen LogP) is 1.04. The summed E-state index contributed by atoms with van der Waals surface area (Å²) in [6.45, 7) is 0.757. The highest BCUT2D eigenvalue weighted by Gasteiger charge is 2.15. The van der Waals surface area contributed by atoms with E-state index in [0.717, 1.165) is 0 Å². The Morgan fingerprint density at radius 3 is 2.86 bits per heavy atom. The van der Waals surface area contributed by atoms with Crippen molar-refractivity contribution in [2.24, 2.45) is 7.05 Å². The van der Waals surface area contributed by atoms with Crippen LogP contribution in [0.15, 0.2) is 18.5 Å². The Balaban J connectivity index is 2.25. The first-order chi connectivity index (χ1) is 10.0. The number of fused-ring (bicyclic) bond motifs is 1. The number of ether oxygens (including phenoxy) is 1. The van der Waals surface area contributed by atoms with Gasteiger partial charge in [0.2, 0.25) is 0 Å². The van der Waals surface area contributed by atoms with Gasteiger partial charge in [-0.2, -0.15) is 0 Å².